The SMILES string of the molecule is CC(CCC(=O)NN)OC/C=C/c1ccccc1. The van der Waals surface area contributed by atoms with Crippen LogP contribution in [0, 0.1) is 0 Å². The number of carbonyl (C=O) groups excluding carboxylic acids is 1. The third kappa shape index (κ3) is 6.18. The lowest BCUT2D eigenvalue weighted by molar-refractivity contribution is -0.121. The van der Waals surface area contributed by atoms with Gasteiger partial charge < -0.3 is 4.74 Å². The summed E-state index contributed by atoms with van der Waals surface area (Å²) in [6.45, 7) is 2.49. The molecule has 0 bridgehead atoms. The van der Waals surface area contributed by atoms with Gasteiger partial charge in [-0.1, -0.05) is 42.5 Å². The van der Waals surface area contributed by atoms with Crippen molar-refractivity contribution >= 4 is 12.0 Å². The van der Waals surface area contributed by atoms with Crippen molar-refractivity contribution in [3.05, 3.63) is 42.0 Å². The summed E-state index contributed by atoms with van der Waals surface area (Å²) in [7, 11) is 0. The van der Waals surface area contributed by atoms with E-state index >= 15 is 0 Å². The highest BCUT2D eigenvalue weighted by atomic mass is 16.5. The molecule has 1 aromatic carbocycles. The number of nitrogens with two attached hydrogens (primary N) is 1. The first kappa shape index (κ1) is 14.4. The van der Waals surface area contributed by atoms with E-state index < -0.39 is 0 Å². The van der Waals surface area contributed by atoms with Crippen molar-refractivity contribution in [2.75, 3.05) is 6.61 Å². The van der Waals surface area contributed by atoms with Crippen LogP contribution in [0.4, 0.5) is 0 Å². The number of benzene rings is 1. The van der Waals surface area contributed by atoms with Gasteiger partial charge in [0.1, 0.15) is 0 Å². The van der Waals surface area contributed by atoms with Crippen LogP contribution in [0.2, 0.25) is 0 Å². The van der Waals surface area contributed by atoms with Gasteiger partial charge in [-0.3, -0.25) is 10.2 Å². The Morgan fingerprint density at radius 3 is 2.83 bits per heavy atom. The molecule has 4 nitrogen and oxygen atoms in total. The summed E-state index contributed by atoms with van der Waals surface area (Å²) < 4.78 is 5.55. The maximum Gasteiger partial charge on any atom is 0.233 e. The van der Waals surface area contributed by atoms with Crippen molar-refractivity contribution < 1.29 is 9.53 Å². The average Bonchev–Trinajstić information content (AvgIpc) is 2.42. The fraction of sp³-hybridized carbons (Fsp3) is 0.357. The summed E-state index contributed by atoms with van der Waals surface area (Å²) in [5, 5.41) is 0. The third-order valence-corrected chi connectivity index (χ3v) is 2.53. The van der Waals surface area contributed by atoms with Gasteiger partial charge in [0, 0.05) is 6.42 Å². The Kier molecular flexibility index (Phi) is 6.76. The quantitative estimate of drug-likeness (QED) is 0.440. The molecular weight excluding hydrogens is 228 g/mol. The van der Waals surface area contributed by atoms with Crippen molar-refractivity contribution in [1.29, 1.82) is 0 Å². The molecule has 3 N–H and O–H groups in total. The lowest BCUT2D eigenvalue weighted by atomic mass is 10.2. The van der Waals surface area contributed by atoms with Gasteiger partial charge in [0.25, 0.3) is 0 Å². The molecule has 0 aliphatic rings. The first-order valence-corrected chi connectivity index (χ1v) is 6.05. The van der Waals surface area contributed by atoms with E-state index in [-0.39, 0.29) is 12.0 Å². The fourth-order valence-corrected chi connectivity index (χ4v) is 1.46. The Balaban J connectivity index is 2.17. The zero-order chi connectivity index (χ0) is 13.2. The van der Waals surface area contributed by atoms with Gasteiger partial charge in [-0.05, 0) is 18.9 Å². The zero-order valence-corrected chi connectivity index (χ0v) is 10.6. The first-order valence-electron chi connectivity index (χ1n) is 6.05. The van der Waals surface area contributed by atoms with E-state index in [0.29, 0.717) is 19.4 Å². The summed E-state index contributed by atoms with van der Waals surface area (Å²) in [4.78, 5) is 10.9. The molecule has 0 radical (unpaired) electrons. The van der Waals surface area contributed by atoms with Gasteiger partial charge in [-0.25, -0.2) is 5.84 Å². The Labute approximate surface area is 108 Å². The monoisotopic (exact) mass is 248 g/mol. The number of ether oxygens (including phenoxy) is 1. The molecule has 1 atom stereocenters. The molecule has 1 amide bonds. The molecule has 98 valence electrons. The van der Waals surface area contributed by atoms with E-state index in [0.717, 1.165) is 5.56 Å². The molecule has 0 heterocycles. The summed E-state index contributed by atoms with van der Waals surface area (Å²) in [6.07, 6.45) is 5.08. The fourth-order valence-electron chi connectivity index (χ4n) is 1.46. The van der Waals surface area contributed by atoms with Crippen molar-refractivity contribution in [2.24, 2.45) is 5.84 Å². The molecule has 1 unspecified atom stereocenters. The van der Waals surface area contributed by atoms with Gasteiger partial charge in [-0.2, -0.15) is 0 Å². The number of hydrogen-bond acceptors (Lipinski definition) is 3. The molecule has 0 aliphatic heterocycles. The summed E-state index contributed by atoms with van der Waals surface area (Å²) in [5.74, 6) is 4.83. The Morgan fingerprint density at radius 2 is 2.17 bits per heavy atom. The van der Waals surface area contributed by atoms with Gasteiger partial charge in [0.15, 0.2) is 0 Å². The highest BCUT2D eigenvalue weighted by molar-refractivity contribution is 5.75. The number of amides is 1. The molecule has 0 spiro atoms. The smallest absolute Gasteiger partial charge is 0.233 e. The zero-order valence-electron chi connectivity index (χ0n) is 10.6. The van der Waals surface area contributed by atoms with E-state index in [2.05, 4.69) is 5.43 Å². The van der Waals surface area contributed by atoms with Crippen LogP contribution in [0.15, 0.2) is 36.4 Å². The lowest BCUT2D eigenvalue weighted by Gasteiger charge is -2.10. The van der Waals surface area contributed by atoms with Crippen LogP contribution in [-0.2, 0) is 9.53 Å². The number of nitrogens with one attached hydrogen (secondary N) is 1. The molecule has 0 aliphatic carbocycles. The number of carbonyl (C=O) groups is 1. The van der Waals surface area contributed by atoms with Crippen LogP contribution < -0.4 is 11.3 Å². The second-order valence-corrected chi connectivity index (χ2v) is 4.06. The molecular formula is C14H20N2O2. The summed E-state index contributed by atoms with van der Waals surface area (Å²) >= 11 is 0. The molecule has 18 heavy (non-hydrogen) atoms. The topological polar surface area (TPSA) is 64.4 Å². The minimum absolute atomic E-state index is 0.0442. The van der Waals surface area contributed by atoms with Crippen LogP contribution in [0.5, 0.6) is 0 Å². The molecule has 4 heteroatoms. The summed E-state index contributed by atoms with van der Waals surface area (Å²) in [6, 6.07) is 10.0. The van der Waals surface area contributed by atoms with E-state index in [9.17, 15) is 4.79 Å². The van der Waals surface area contributed by atoms with Crippen molar-refractivity contribution in [2.45, 2.75) is 25.9 Å². The Hall–Kier alpha value is -1.65. The van der Waals surface area contributed by atoms with Crippen molar-refractivity contribution in [3.63, 3.8) is 0 Å². The van der Waals surface area contributed by atoms with Crippen LogP contribution in [0.25, 0.3) is 6.08 Å². The predicted octanol–water partition coefficient (Wildman–Crippen LogP) is 1.87. The number of rotatable bonds is 7. The standard InChI is InChI=1S/C14H20N2O2/c1-12(9-10-14(17)16-15)18-11-5-8-13-6-3-2-4-7-13/h2-8,12H,9-11,15H2,1H3,(H,16,17)/b8-5+. The molecule has 0 aromatic heterocycles. The second kappa shape index (κ2) is 8.44. The van der Waals surface area contributed by atoms with E-state index in [1.165, 1.54) is 0 Å². The van der Waals surface area contributed by atoms with Gasteiger partial charge in [-0.15, -0.1) is 0 Å². The van der Waals surface area contributed by atoms with Crippen molar-refractivity contribution in [3.8, 4) is 0 Å². The molecule has 1 aromatic rings. The highest BCUT2D eigenvalue weighted by Gasteiger charge is 2.04. The minimum atomic E-state index is -0.162. The first-order chi connectivity index (χ1) is 8.72. The number of hydrogen-bond donors (Lipinski definition) is 2. The predicted molar refractivity (Wildman–Crippen MR) is 72.5 cm³/mol. The highest BCUT2D eigenvalue weighted by Crippen LogP contribution is 2.03. The third-order valence-electron chi connectivity index (χ3n) is 2.53. The van der Waals surface area contributed by atoms with E-state index in [1.54, 1.807) is 0 Å². The van der Waals surface area contributed by atoms with Crippen molar-refractivity contribution in [1.82, 2.24) is 5.43 Å². The molecule has 1 rings (SSSR count). The maximum absolute atomic E-state index is 10.9. The Morgan fingerprint density at radius 1 is 1.44 bits per heavy atom. The van der Waals surface area contributed by atoms with Gasteiger partial charge in [0.05, 0.1) is 12.7 Å². The average molecular weight is 248 g/mol. The molecule has 0 fully saturated rings. The molecule has 0 saturated heterocycles. The normalized spacial score (nSPS) is 12.6. The minimum Gasteiger partial charge on any atom is -0.374 e. The Bertz CT molecular complexity index is 377. The lowest BCUT2D eigenvalue weighted by Crippen LogP contribution is -2.30. The van der Waals surface area contributed by atoms with E-state index in [4.69, 9.17) is 10.6 Å². The largest absolute Gasteiger partial charge is 0.374 e. The van der Waals surface area contributed by atoms with Crippen LogP contribution in [0.1, 0.15) is 25.3 Å². The van der Waals surface area contributed by atoms with Crippen LogP contribution in [0.3, 0.4) is 0 Å². The van der Waals surface area contributed by atoms with Gasteiger partial charge in [0.2, 0.25) is 5.91 Å². The summed E-state index contributed by atoms with van der Waals surface area (Å²) in [5.41, 5.74) is 3.25. The van der Waals surface area contributed by atoms with Crippen LogP contribution in [-0.4, -0.2) is 18.6 Å². The number of hydrazine groups is 1. The van der Waals surface area contributed by atoms with E-state index in [1.807, 2.05) is 49.4 Å². The molecule has 0 saturated carbocycles. The van der Waals surface area contributed by atoms with Crippen LogP contribution >= 0.6 is 0 Å². The maximum atomic E-state index is 10.9. The second-order valence-electron chi connectivity index (χ2n) is 4.06. The van der Waals surface area contributed by atoms with Gasteiger partial charge >= 0.3 is 0 Å².